The van der Waals surface area contributed by atoms with E-state index in [4.69, 9.17) is 17.3 Å². The van der Waals surface area contributed by atoms with Gasteiger partial charge >= 0.3 is 0 Å². The van der Waals surface area contributed by atoms with Crippen LogP contribution in [0.3, 0.4) is 0 Å². The van der Waals surface area contributed by atoms with Crippen molar-refractivity contribution in [3.63, 3.8) is 0 Å². The molecule has 3 N–H and O–H groups in total. The summed E-state index contributed by atoms with van der Waals surface area (Å²) in [5.74, 6) is 0.538. The molecule has 84 valence electrons. The van der Waals surface area contributed by atoms with Crippen LogP contribution < -0.4 is 5.73 Å². The zero-order chi connectivity index (χ0) is 11.8. The molecular weight excluding hydrogens is 238 g/mol. The van der Waals surface area contributed by atoms with Crippen LogP contribution in [0.2, 0.25) is 5.15 Å². The van der Waals surface area contributed by atoms with Gasteiger partial charge in [-0.3, -0.25) is 5.10 Å². The fourth-order valence-corrected chi connectivity index (χ4v) is 1.83. The van der Waals surface area contributed by atoms with Crippen LogP contribution in [0.5, 0.6) is 0 Å². The average molecular weight is 246 g/mol. The van der Waals surface area contributed by atoms with Gasteiger partial charge in [-0.2, -0.15) is 5.10 Å². The number of nitrogens with zero attached hydrogens (tertiary/aromatic N) is 3. The van der Waals surface area contributed by atoms with Crippen molar-refractivity contribution in [1.82, 2.24) is 20.2 Å². The third-order valence-electron chi connectivity index (χ3n) is 2.39. The van der Waals surface area contributed by atoms with Gasteiger partial charge < -0.3 is 5.73 Å². The molecule has 0 aliphatic rings. The summed E-state index contributed by atoms with van der Waals surface area (Å²) in [4.78, 5) is 8.56. The first-order chi connectivity index (χ1) is 8.24. The molecule has 0 saturated carbocycles. The minimum absolute atomic E-state index is 0.327. The summed E-state index contributed by atoms with van der Waals surface area (Å²) in [5, 5.41) is 7.00. The Morgan fingerprint density at radius 3 is 2.94 bits per heavy atom. The topological polar surface area (TPSA) is 80.5 Å². The van der Waals surface area contributed by atoms with Crippen LogP contribution in [-0.4, -0.2) is 20.2 Å². The van der Waals surface area contributed by atoms with Gasteiger partial charge in [0.1, 0.15) is 11.0 Å². The first-order valence-electron chi connectivity index (χ1n) is 4.97. The van der Waals surface area contributed by atoms with Crippen LogP contribution in [-0.2, 0) is 0 Å². The summed E-state index contributed by atoms with van der Waals surface area (Å²) in [6, 6.07) is 7.34. The van der Waals surface area contributed by atoms with E-state index in [0.717, 1.165) is 5.56 Å². The lowest BCUT2D eigenvalue weighted by Gasteiger charge is -2.02. The molecule has 0 unspecified atom stereocenters. The van der Waals surface area contributed by atoms with Gasteiger partial charge in [-0.05, 0) is 12.1 Å². The van der Waals surface area contributed by atoms with Gasteiger partial charge in [-0.25, -0.2) is 9.97 Å². The SMILES string of the molecule is Nc1cccc(-c2nc(Cl)c3n[nH]cc3n2)c1. The standard InChI is InChI=1S/C11H8ClN5/c12-10-9-8(5-14-17-9)15-11(16-10)6-2-1-3-7(13)4-6/h1-5H,13H2,(H,14,17). The van der Waals surface area contributed by atoms with Crippen molar-refractivity contribution in [1.29, 1.82) is 0 Å². The maximum atomic E-state index is 6.03. The first-order valence-corrected chi connectivity index (χ1v) is 5.35. The van der Waals surface area contributed by atoms with Crippen LogP contribution in [0.4, 0.5) is 5.69 Å². The molecule has 2 heterocycles. The minimum atomic E-state index is 0.327. The first kappa shape index (κ1) is 10.0. The molecule has 0 atom stereocenters. The number of halogens is 1. The molecule has 3 aromatic rings. The van der Waals surface area contributed by atoms with E-state index in [1.54, 1.807) is 12.3 Å². The second-order valence-electron chi connectivity index (χ2n) is 3.58. The molecule has 0 saturated heterocycles. The third-order valence-corrected chi connectivity index (χ3v) is 2.65. The van der Waals surface area contributed by atoms with E-state index >= 15 is 0 Å². The Balaban J connectivity index is 2.23. The number of nitrogens with two attached hydrogens (primary N) is 1. The number of nitrogens with one attached hydrogen (secondary N) is 1. The summed E-state index contributed by atoms with van der Waals surface area (Å²) in [6.07, 6.45) is 1.68. The maximum absolute atomic E-state index is 6.03. The number of H-pyrrole nitrogens is 1. The number of rotatable bonds is 1. The van der Waals surface area contributed by atoms with Gasteiger partial charge in [-0.1, -0.05) is 23.7 Å². The summed E-state index contributed by atoms with van der Waals surface area (Å²) in [7, 11) is 0. The lowest BCUT2D eigenvalue weighted by Crippen LogP contribution is -1.92. The number of anilines is 1. The average Bonchev–Trinajstić information content (AvgIpc) is 2.77. The normalized spacial score (nSPS) is 10.9. The summed E-state index contributed by atoms with van der Waals surface area (Å²) >= 11 is 6.03. The molecule has 3 rings (SSSR count). The van der Waals surface area contributed by atoms with Crippen molar-refractivity contribution in [3.8, 4) is 11.4 Å². The Kier molecular flexibility index (Phi) is 2.19. The van der Waals surface area contributed by atoms with Crippen LogP contribution >= 0.6 is 11.6 Å². The largest absolute Gasteiger partial charge is 0.399 e. The van der Waals surface area contributed by atoms with Crippen molar-refractivity contribution in [2.24, 2.45) is 0 Å². The fraction of sp³-hybridized carbons (Fsp3) is 0. The van der Waals surface area contributed by atoms with Crippen LogP contribution in [0, 0.1) is 0 Å². The second kappa shape index (κ2) is 3.71. The van der Waals surface area contributed by atoms with Crippen molar-refractivity contribution in [2.45, 2.75) is 0 Å². The molecule has 0 amide bonds. The predicted octanol–water partition coefficient (Wildman–Crippen LogP) is 2.26. The Bertz CT molecular complexity index is 691. The fourth-order valence-electron chi connectivity index (χ4n) is 1.61. The second-order valence-corrected chi connectivity index (χ2v) is 3.94. The molecule has 0 radical (unpaired) electrons. The Morgan fingerprint density at radius 1 is 1.24 bits per heavy atom. The molecule has 5 nitrogen and oxygen atoms in total. The Hall–Kier alpha value is -2.14. The van der Waals surface area contributed by atoms with Gasteiger partial charge in [-0.15, -0.1) is 0 Å². The smallest absolute Gasteiger partial charge is 0.161 e. The van der Waals surface area contributed by atoms with E-state index in [-0.39, 0.29) is 0 Å². The van der Waals surface area contributed by atoms with Crippen molar-refractivity contribution in [2.75, 3.05) is 5.73 Å². The molecule has 1 aromatic carbocycles. The van der Waals surface area contributed by atoms with Crippen molar-refractivity contribution in [3.05, 3.63) is 35.6 Å². The van der Waals surface area contributed by atoms with Crippen LogP contribution in [0.1, 0.15) is 0 Å². The number of hydrogen-bond acceptors (Lipinski definition) is 4. The molecule has 0 aliphatic carbocycles. The molecule has 0 aliphatic heterocycles. The van der Waals surface area contributed by atoms with Gasteiger partial charge in [0.15, 0.2) is 11.0 Å². The lowest BCUT2D eigenvalue weighted by molar-refractivity contribution is 1.11. The highest BCUT2D eigenvalue weighted by atomic mass is 35.5. The molecule has 17 heavy (non-hydrogen) atoms. The molecule has 0 spiro atoms. The number of benzene rings is 1. The molecule has 0 bridgehead atoms. The number of aromatic amines is 1. The summed E-state index contributed by atoms with van der Waals surface area (Å²) < 4.78 is 0. The summed E-state index contributed by atoms with van der Waals surface area (Å²) in [5.41, 5.74) is 8.46. The van der Waals surface area contributed by atoms with E-state index in [2.05, 4.69) is 20.2 Å². The van der Waals surface area contributed by atoms with Crippen LogP contribution in [0.25, 0.3) is 22.4 Å². The number of aromatic nitrogens is 4. The number of hydrogen-bond donors (Lipinski definition) is 2. The van der Waals surface area contributed by atoms with E-state index < -0.39 is 0 Å². The zero-order valence-corrected chi connectivity index (χ0v) is 9.44. The van der Waals surface area contributed by atoms with Gasteiger partial charge in [0.25, 0.3) is 0 Å². The quantitative estimate of drug-likeness (QED) is 0.509. The molecular formula is C11H8ClN5. The maximum Gasteiger partial charge on any atom is 0.161 e. The highest BCUT2D eigenvalue weighted by Gasteiger charge is 2.09. The van der Waals surface area contributed by atoms with E-state index in [0.29, 0.717) is 27.7 Å². The predicted molar refractivity (Wildman–Crippen MR) is 66.5 cm³/mol. The van der Waals surface area contributed by atoms with Gasteiger partial charge in [0.05, 0.1) is 0 Å². The van der Waals surface area contributed by atoms with E-state index in [9.17, 15) is 0 Å². The number of nitrogen functional groups attached to an aromatic ring is 1. The van der Waals surface area contributed by atoms with Crippen molar-refractivity contribution < 1.29 is 0 Å². The molecule has 0 fully saturated rings. The van der Waals surface area contributed by atoms with E-state index in [1.807, 2.05) is 18.2 Å². The zero-order valence-electron chi connectivity index (χ0n) is 8.68. The lowest BCUT2D eigenvalue weighted by atomic mass is 10.2. The summed E-state index contributed by atoms with van der Waals surface area (Å²) in [6.45, 7) is 0. The van der Waals surface area contributed by atoms with Gasteiger partial charge in [0, 0.05) is 17.4 Å². The molecule has 2 aromatic heterocycles. The highest BCUT2D eigenvalue weighted by molar-refractivity contribution is 6.33. The third kappa shape index (κ3) is 1.70. The highest BCUT2D eigenvalue weighted by Crippen LogP contribution is 2.23. The Morgan fingerprint density at radius 2 is 2.12 bits per heavy atom. The van der Waals surface area contributed by atoms with Gasteiger partial charge in [0.2, 0.25) is 0 Å². The monoisotopic (exact) mass is 245 g/mol. The number of fused-ring (bicyclic) bond motifs is 1. The Labute approximate surface area is 102 Å². The van der Waals surface area contributed by atoms with Crippen molar-refractivity contribution >= 4 is 28.3 Å². The molecule has 6 heteroatoms. The van der Waals surface area contributed by atoms with E-state index in [1.165, 1.54) is 0 Å². The minimum Gasteiger partial charge on any atom is -0.399 e. The van der Waals surface area contributed by atoms with Crippen LogP contribution in [0.15, 0.2) is 30.5 Å².